The Bertz CT molecular complexity index is 1800. The number of carbonyl (C=O) groups is 1. The first-order valence-corrected chi connectivity index (χ1v) is 14.3. The summed E-state index contributed by atoms with van der Waals surface area (Å²) in [6.45, 7) is 5.11. The van der Waals surface area contributed by atoms with Crippen LogP contribution in [0.15, 0.2) is 59.2 Å². The minimum absolute atomic E-state index is 0.0274. The number of anilines is 2. The van der Waals surface area contributed by atoms with Crippen LogP contribution in [-0.4, -0.2) is 36.2 Å². The maximum absolute atomic E-state index is 15.6. The number of alkyl halides is 2. The van der Waals surface area contributed by atoms with Gasteiger partial charge < -0.3 is 15.6 Å². The topological polar surface area (TPSA) is 115 Å². The Balaban J connectivity index is 1.73. The van der Waals surface area contributed by atoms with Gasteiger partial charge in [-0.25, -0.2) is 27.3 Å². The van der Waals surface area contributed by atoms with E-state index >= 15 is 4.39 Å². The zero-order chi connectivity index (χ0) is 28.8. The number of aryl methyl sites for hydroxylation is 1. The number of nitrogens with one attached hydrogen (secondary N) is 1. The molecule has 4 aromatic rings. The van der Waals surface area contributed by atoms with Crippen LogP contribution in [0, 0.1) is 5.82 Å². The summed E-state index contributed by atoms with van der Waals surface area (Å²) in [7, 11) is -0.931. The van der Waals surface area contributed by atoms with Gasteiger partial charge in [0.05, 0.1) is 26.5 Å². The lowest BCUT2D eigenvalue weighted by molar-refractivity contribution is -0.112. The van der Waals surface area contributed by atoms with E-state index in [-0.39, 0.29) is 33.9 Å². The SMILES string of the molecule is C=C(C)C(=O)Nc1ccc(-c2c(-c3ccc(N=S4(=O)CCCC4)c(C(F)F)c3)c3c(N)ncnc3n2C)c(F)c1. The van der Waals surface area contributed by atoms with Gasteiger partial charge in [-0.15, -0.1) is 0 Å². The third-order valence-electron chi connectivity index (χ3n) is 6.86. The molecule has 12 heteroatoms. The van der Waals surface area contributed by atoms with Crippen LogP contribution in [0.3, 0.4) is 0 Å². The maximum Gasteiger partial charge on any atom is 0.265 e. The predicted octanol–water partition coefficient (Wildman–Crippen LogP) is 6.37. The molecule has 0 saturated carbocycles. The smallest absolute Gasteiger partial charge is 0.265 e. The molecule has 0 radical (unpaired) electrons. The molecule has 1 aliphatic rings. The Morgan fingerprint density at radius 3 is 2.55 bits per heavy atom. The van der Waals surface area contributed by atoms with Gasteiger partial charge in [-0.05, 0) is 55.7 Å². The predicted molar refractivity (Wildman–Crippen MR) is 151 cm³/mol. The first-order chi connectivity index (χ1) is 19.0. The molecule has 208 valence electrons. The van der Waals surface area contributed by atoms with Crippen molar-refractivity contribution in [2.24, 2.45) is 11.4 Å². The number of hydrogen-bond donors (Lipinski definition) is 2. The fourth-order valence-electron chi connectivity index (χ4n) is 4.89. The summed E-state index contributed by atoms with van der Waals surface area (Å²) in [6, 6.07) is 8.43. The monoisotopic (exact) mass is 568 g/mol. The molecule has 1 amide bonds. The second-order valence-corrected chi connectivity index (χ2v) is 12.3. The van der Waals surface area contributed by atoms with Crippen molar-refractivity contribution in [3.05, 3.63) is 66.3 Å². The van der Waals surface area contributed by atoms with Crippen LogP contribution in [0.1, 0.15) is 31.8 Å². The molecular weight excluding hydrogens is 541 g/mol. The van der Waals surface area contributed by atoms with Gasteiger partial charge in [-0.1, -0.05) is 12.6 Å². The van der Waals surface area contributed by atoms with Gasteiger partial charge in [0.25, 0.3) is 12.3 Å². The minimum Gasteiger partial charge on any atom is -0.383 e. The molecule has 1 saturated heterocycles. The van der Waals surface area contributed by atoms with E-state index in [1.165, 1.54) is 37.5 Å². The van der Waals surface area contributed by atoms with Gasteiger partial charge in [0.2, 0.25) is 0 Å². The summed E-state index contributed by atoms with van der Waals surface area (Å²) in [5.41, 5.74) is 7.80. The number of benzene rings is 2. The van der Waals surface area contributed by atoms with Crippen molar-refractivity contribution < 1.29 is 22.2 Å². The maximum atomic E-state index is 15.6. The fraction of sp³-hybridized carbons (Fsp3) is 0.250. The summed E-state index contributed by atoms with van der Waals surface area (Å²) >= 11 is 0. The number of nitrogens with zero attached hydrogens (tertiary/aromatic N) is 4. The lowest BCUT2D eigenvalue weighted by atomic mass is 9.96. The summed E-state index contributed by atoms with van der Waals surface area (Å²) in [6.07, 6.45) is -0.153. The summed E-state index contributed by atoms with van der Waals surface area (Å²) in [5.74, 6) is -0.280. The van der Waals surface area contributed by atoms with Crippen LogP contribution in [0.2, 0.25) is 0 Å². The van der Waals surface area contributed by atoms with Gasteiger partial charge in [0.15, 0.2) is 0 Å². The van der Waals surface area contributed by atoms with Crippen LogP contribution in [0.5, 0.6) is 0 Å². The van der Waals surface area contributed by atoms with E-state index < -0.39 is 27.9 Å². The molecule has 1 fully saturated rings. The Hall–Kier alpha value is -4.19. The van der Waals surface area contributed by atoms with E-state index in [0.29, 0.717) is 39.4 Å². The average Bonchev–Trinajstić information content (AvgIpc) is 3.46. The van der Waals surface area contributed by atoms with Gasteiger partial charge in [0, 0.05) is 46.5 Å². The van der Waals surface area contributed by atoms with E-state index in [4.69, 9.17) is 5.73 Å². The second kappa shape index (κ2) is 10.4. The number of rotatable bonds is 6. The van der Waals surface area contributed by atoms with Crippen LogP contribution in [0.25, 0.3) is 33.4 Å². The summed E-state index contributed by atoms with van der Waals surface area (Å²) in [4.78, 5) is 20.4. The van der Waals surface area contributed by atoms with Crippen LogP contribution < -0.4 is 11.1 Å². The quantitative estimate of drug-likeness (QED) is 0.262. The number of nitrogens with two attached hydrogens (primary N) is 1. The molecule has 0 spiro atoms. The number of carbonyl (C=O) groups excluding carboxylic acids is 1. The third-order valence-corrected chi connectivity index (χ3v) is 9.24. The normalized spacial score (nSPS) is 14.6. The van der Waals surface area contributed by atoms with Crippen molar-refractivity contribution in [1.82, 2.24) is 14.5 Å². The Morgan fingerprint density at radius 1 is 1.18 bits per heavy atom. The number of aromatic nitrogens is 3. The zero-order valence-electron chi connectivity index (χ0n) is 21.9. The van der Waals surface area contributed by atoms with E-state index in [2.05, 4.69) is 26.2 Å². The first-order valence-electron chi connectivity index (χ1n) is 12.5. The largest absolute Gasteiger partial charge is 0.383 e. The molecular formula is C28H27F3N6O2S. The van der Waals surface area contributed by atoms with Crippen molar-refractivity contribution in [2.75, 3.05) is 22.6 Å². The van der Waals surface area contributed by atoms with E-state index in [9.17, 15) is 17.8 Å². The highest BCUT2D eigenvalue weighted by atomic mass is 32.2. The van der Waals surface area contributed by atoms with Crippen molar-refractivity contribution in [1.29, 1.82) is 0 Å². The van der Waals surface area contributed by atoms with Gasteiger partial charge in [-0.2, -0.15) is 4.36 Å². The minimum atomic E-state index is -2.90. The van der Waals surface area contributed by atoms with Crippen molar-refractivity contribution in [3.63, 3.8) is 0 Å². The Labute approximate surface area is 229 Å². The number of halogens is 3. The van der Waals surface area contributed by atoms with Gasteiger partial charge >= 0.3 is 0 Å². The molecule has 0 aliphatic carbocycles. The standard InChI is InChI=1S/C28H27F3N6O2S/c1-15(2)28(38)35-17-7-8-18(20(29)13-17)24-22(23-26(32)33-14-34-27(23)37(24)3)16-6-9-21(19(12-16)25(30)31)36-40(39)10-4-5-11-40/h6-9,12-14,25H,1,4-5,10-11H2,2-3H3,(H,35,38)(H2,32,33,34). The van der Waals surface area contributed by atoms with E-state index in [1.807, 2.05) is 0 Å². The molecule has 0 atom stereocenters. The van der Waals surface area contributed by atoms with Crippen LogP contribution >= 0.6 is 0 Å². The molecule has 2 aromatic carbocycles. The summed E-state index contributed by atoms with van der Waals surface area (Å²) < 4.78 is 63.1. The highest BCUT2D eigenvalue weighted by molar-refractivity contribution is 7.93. The molecule has 3 heterocycles. The number of fused-ring (bicyclic) bond motifs is 1. The van der Waals surface area contributed by atoms with Gasteiger partial charge in [-0.3, -0.25) is 4.79 Å². The number of nitrogen functional groups attached to an aromatic ring is 1. The average molecular weight is 569 g/mol. The fourth-order valence-corrected chi connectivity index (χ4v) is 7.11. The lowest BCUT2D eigenvalue weighted by Gasteiger charge is -2.14. The number of amides is 1. The van der Waals surface area contributed by atoms with E-state index in [0.717, 1.165) is 18.9 Å². The number of hydrogen-bond acceptors (Lipinski definition) is 6. The second-order valence-electron chi connectivity index (χ2n) is 9.72. The Kier molecular flexibility index (Phi) is 7.13. The molecule has 8 nitrogen and oxygen atoms in total. The Morgan fingerprint density at radius 2 is 1.90 bits per heavy atom. The lowest BCUT2D eigenvalue weighted by Crippen LogP contribution is -2.12. The molecule has 3 N–H and O–H groups in total. The molecule has 40 heavy (non-hydrogen) atoms. The highest BCUT2D eigenvalue weighted by Crippen LogP contribution is 2.44. The van der Waals surface area contributed by atoms with E-state index in [1.54, 1.807) is 17.7 Å². The van der Waals surface area contributed by atoms with Crippen molar-refractivity contribution >= 4 is 43.9 Å². The first kappa shape index (κ1) is 27.4. The summed E-state index contributed by atoms with van der Waals surface area (Å²) in [5, 5.41) is 2.94. The van der Waals surface area contributed by atoms with Crippen LogP contribution in [0.4, 0.5) is 30.4 Å². The van der Waals surface area contributed by atoms with Crippen LogP contribution in [-0.2, 0) is 21.6 Å². The third kappa shape index (κ3) is 4.94. The highest BCUT2D eigenvalue weighted by Gasteiger charge is 2.26. The van der Waals surface area contributed by atoms with Gasteiger partial charge in [0.1, 0.15) is 23.6 Å². The van der Waals surface area contributed by atoms with Crippen molar-refractivity contribution in [2.45, 2.75) is 26.2 Å². The molecule has 5 rings (SSSR count). The van der Waals surface area contributed by atoms with Crippen molar-refractivity contribution in [3.8, 4) is 22.4 Å². The molecule has 0 unspecified atom stereocenters. The molecule has 1 aliphatic heterocycles. The zero-order valence-corrected chi connectivity index (χ0v) is 22.7. The molecule has 2 aromatic heterocycles. The molecule has 0 bridgehead atoms.